The molecule has 0 saturated carbocycles. The Morgan fingerprint density at radius 2 is 1.64 bits per heavy atom. The van der Waals surface area contributed by atoms with Gasteiger partial charge in [-0.25, -0.2) is 4.98 Å². The number of nitro groups is 1. The van der Waals surface area contributed by atoms with Crippen LogP contribution >= 0.6 is 0 Å². The van der Waals surface area contributed by atoms with Crippen LogP contribution < -0.4 is 20.3 Å². The van der Waals surface area contributed by atoms with Gasteiger partial charge in [-0.15, -0.1) is 0 Å². The number of rotatable bonds is 8. The molecule has 1 amide bonds. The quantitative estimate of drug-likeness (QED) is 0.450. The molecule has 142 valence electrons. The SMILES string of the molecule is O=C(COc1ccccc1)NNc1ncnc(Oc2ccccc2)c1[N+](=O)[O-]. The molecule has 28 heavy (non-hydrogen) atoms. The molecule has 0 radical (unpaired) electrons. The van der Waals surface area contributed by atoms with E-state index in [1.807, 2.05) is 6.07 Å². The smallest absolute Gasteiger partial charge is 0.374 e. The predicted octanol–water partition coefficient (Wildman–Crippen LogP) is 2.70. The number of carbonyl (C=O) groups is 1. The molecular weight excluding hydrogens is 366 g/mol. The van der Waals surface area contributed by atoms with Gasteiger partial charge in [-0.3, -0.25) is 25.8 Å². The predicted molar refractivity (Wildman–Crippen MR) is 98.9 cm³/mol. The van der Waals surface area contributed by atoms with Crippen molar-refractivity contribution in [3.63, 3.8) is 0 Å². The Bertz CT molecular complexity index is 953. The van der Waals surface area contributed by atoms with E-state index in [1.165, 1.54) is 0 Å². The van der Waals surface area contributed by atoms with E-state index in [0.717, 1.165) is 6.33 Å². The first-order valence-corrected chi connectivity index (χ1v) is 8.08. The van der Waals surface area contributed by atoms with Crippen LogP contribution in [-0.4, -0.2) is 27.4 Å². The summed E-state index contributed by atoms with van der Waals surface area (Å²) in [5.74, 6) is -0.149. The number of nitrogens with one attached hydrogen (secondary N) is 2. The van der Waals surface area contributed by atoms with Crippen LogP contribution in [-0.2, 0) is 4.79 Å². The minimum absolute atomic E-state index is 0.223. The van der Waals surface area contributed by atoms with Gasteiger partial charge in [-0.2, -0.15) is 4.98 Å². The molecule has 1 heterocycles. The Kier molecular flexibility index (Phi) is 5.93. The highest BCUT2D eigenvalue weighted by Gasteiger charge is 2.25. The molecular formula is C18H15N5O5. The molecule has 2 aromatic carbocycles. The first kappa shape index (κ1) is 18.6. The van der Waals surface area contributed by atoms with E-state index in [1.54, 1.807) is 54.6 Å². The summed E-state index contributed by atoms with van der Waals surface area (Å²) in [6.45, 7) is -0.288. The molecule has 0 fully saturated rings. The van der Waals surface area contributed by atoms with Crippen LogP contribution in [0.15, 0.2) is 67.0 Å². The third-order valence-corrected chi connectivity index (χ3v) is 3.36. The van der Waals surface area contributed by atoms with E-state index in [2.05, 4.69) is 20.8 Å². The summed E-state index contributed by atoms with van der Waals surface area (Å²) in [4.78, 5) is 30.3. The lowest BCUT2D eigenvalue weighted by Gasteiger charge is -2.10. The highest BCUT2D eigenvalue weighted by molar-refractivity contribution is 5.79. The van der Waals surface area contributed by atoms with Gasteiger partial charge in [-0.05, 0) is 24.3 Å². The van der Waals surface area contributed by atoms with Gasteiger partial charge in [0.15, 0.2) is 6.61 Å². The Morgan fingerprint density at radius 3 is 2.29 bits per heavy atom. The number of aromatic nitrogens is 2. The number of nitrogens with zero attached hydrogens (tertiary/aromatic N) is 3. The summed E-state index contributed by atoms with van der Waals surface area (Å²) >= 11 is 0. The van der Waals surface area contributed by atoms with Crippen molar-refractivity contribution in [2.45, 2.75) is 0 Å². The van der Waals surface area contributed by atoms with E-state index in [4.69, 9.17) is 9.47 Å². The molecule has 3 rings (SSSR count). The minimum Gasteiger partial charge on any atom is -0.484 e. The number of hydrogen-bond acceptors (Lipinski definition) is 8. The minimum atomic E-state index is -0.701. The maximum atomic E-state index is 11.9. The Morgan fingerprint density at radius 1 is 1.00 bits per heavy atom. The zero-order valence-electron chi connectivity index (χ0n) is 14.4. The molecule has 2 N–H and O–H groups in total. The molecule has 0 bridgehead atoms. The Hall–Kier alpha value is -4.21. The first-order valence-electron chi connectivity index (χ1n) is 8.08. The normalized spacial score (nSPS) is 10.0. The van der Waals surface area contributed by atoms with E-state index in [0.29, 0.717) is 11.5 Å². The van der Waals surface area contributed by atoms with Crippen molar-refractivity contribution in [2.75, 3.05) is 12.0 Å². The van der Waals surface area contributed by atoms with E-state index < -0.39 is 16.5 Å². The summed E-state index contributed by atoms with van der Waals surface area (Å²) in [5.41, 5.74) is 4.18. The number of benzene rings is 2. The van der Waals surface area contributed by atoms with Crippen molar-refractivity contribution < 1.29 is 19.2 Å². The molecule has 0 atom stereocenters. The Balaban J connectivity index is 1.66. The van der Waals surface area contributed by atoms with Crippen LogP contribution in [0.25, 0.3) is 0 Å². The second kappa shape index (κ2) is 8.94. The number of ether oxygens (including phenoxy) is 2. The highest BCUT2D eigenvalue weighted by atomic mass is 16.6. The third kappa shape index (κ3) is 4.91. The fourth-order valence-corrected chi connectivity index (χ4v) is 2.12. The molecule has 0 aliphatic heterocycles. The van der Waals surface area contributed by atoms with Gasteiger partial charge in [-0.1, -0.05) is 36.4 Å². The van der Waals surface area contributed by atoms with Crippen molar-refractivity contribution in [2.24, 2.45) is 0 Å². The van der Waals surface area contributed by atoms with Gasteiger partial charge in [0.05, 0.1) is 4.92 Å². The third-order valence-electron chi connectivity index (χ3n) is 3.36. The van der Waals surface area contributed by atoms with Crippen LogP contribution in [0.5, 0.6) is 17.4 Å². The van der Waals surface area contributed by atoms with Crippen LogP contribution in [0.1, 0.15) is 0 Å². The molecule has 0 spiro atoms. The van der Waals surface area contributed by atoms with Crippen LogP contribution in [0, 0.1) is 10.1 Å². The lowest BCUT2D eigenvalue weighted by Crippen LogP contribution is -2.34. The van der Waals surface area contributed by atoms with Crippen molar-refractivity contribution >= 4 is 17.4 Å². The summed E-state index contributed by atoms with van der Waals surface area (Å²) in [6.07, 6.45) is 1.08. The molecule has 10 nitrogen and oxygen atoms in total. The topological polar surface area (TPSA) is 129 Å². The summed E-state index contributed by atoms with van der Waals surface area (Å²) in [7, 11) is 0. The van der Waals surface area contributed by atoms with Gasteiger partial charge in [0.1, 0.15) is 17.8 Å². The second-order valence-electron chi connectivity index (χ2n) is 5.32. The highest BCUT2D eigenvalue weighted by Crippen LogP contribution is 2.33. The largest absolute Gasteiger partial charge is 0.484 e. The number of carbonyl (C=O) groups excluding carboxylic acids is 1. The number of hydrazine groups is 1. The fraction of sp³-hybridized carbons (Fsp3) is 0.0556. The fourth-order valence-electron chi connectivity index (χ4n) is 2.12. The van der Waals surface area contributed by atoms with E-state index >= 15 is 0 Å². The summed E-state index contributed by atoms with van der Waals surface area (Å²) < 4.78 is 10.7. The number of amides is 1. The van der Waals surface area contributed by atoms with E-state index in [9.17, 15) is 14.9 Å². The number of para-hydroxylation sites is 2. The summed E-state index contributed by atoms with van der Waals surface area (Å²) in [5, 5.41) is 11.5. The lowest BCUT2D eigenvalue weighted by atomic mass is 10.3. The average Bonchev–Trinajstić information content (AvgIpc) is 2.72. The molecule has 3 aromatic rings. The summed E-state index contributed by atoms with van der Waals surface area (Å²) in [6, 6.07) is 17.2. The van der Waals surface area contributed by atoms with Crippen LogP contribution in [0.2, 0.25) is 0 Å². The van der Waals surface area contributed by atoms with Gasteiger partial charge >= 0.3 is 11.6 Å². The molecule has 1 aromatic heterocycles. The van der Waals surface area contributed by atoms with Gasteiger partial charge < -0.3 is 9.47 Å². The molecule has 10 heteroatoms. The zero-order chi connectivity index (χ0) is 19.8. The average molecular weight is 381 g/mol. The van der Waals surface area contributed by atoms with Crippen LogP contribution in [0.3, 0.4) is 0 Å². The molecule has 0 aliphatic carbocycles. The monoisotopic (exact) mass is 381 g/mol. The maximum absolute atomic E-state index is 11.9. The van der Waals surface area contributed by atoms with Crippen molar-refractivity contribution in [1.82, 2.24) is 15.4 Å². The standard InChI is InChI=1S/C18H15N5O5/c24-15(11-27-13-7-3-1-4-8-13)21-22-17-16(23(25)26)18(20-12-19-17)28-14-9-5-2-6-10-14/h1-10,12H,11H2,(H,21,24)(H,19,20,22). The number of hydrogen-bond donors (Lipinski definition) is 2. The molecule has 0 aliphatic rings. The van der Waals surface area contributed by atoms with Crippen molar-refractivity contribution in [3.05, 3.63) is 77.1 Å². The maximum Gasteiger partial charge on any atom is 0.374 e. The second-order valence-corrected chi connectivity index (χ2v) is 5.32. The molecule has 0 unspecified atom stereocenters. The van der Waals surface area contributed by atoms with Crippen LogP contribution in [0.4, 0.5) is 11.5 Å². The van der Waals surface area contributed by atoms with Gasteiger partial charge in [0, 0.05) is 0 Å². The lowest BCUT2D eigenvalue weighted by molar-refractivity contribution is -0.385. The van der Waals surface area contributed by atoms with Gasteiger partial charge in [0.2, 0.25) is 5.82 Å². The van der Waals surface area contributed by atoms with Crippen molar-refractivity contribution in [1.29, 1.82) is 0 Å². The van der Waals surface area contributed by atoms with Gasteiger partial charge in [0.25, 0.3) is 5.91 Å². The van der Waals surface area contributed by atoms with Crippen molar-refractivity contribution in [3.8, 4) is 17.4 Å². The van der Waals surface area contributed by atoms with E-state index in [-0.39, 0.29) is 18.3 Å². The zero-order valence-corrected chi connectivity index (χ0v) is 14.4. The number of anilines is 1. The first-order chi connectivity index (χ1) is 13.6. The molecule has 0 saturated heterocycles. The Labute approximate surface area is 159 Å².